The van der Waals surface area contributed by atoms with E-state index in [-0.39, 0.29) is 23.5 Å². The third kappa shape index (κ3) is 4.57. The van der Waals surface area contributed by atoms with Crippen LogP contribution in [0.3, 0.4) is 0 Å². The smallest absolute Gasteiger partial charge is 0.314 e. The van der Waals surface area contributed by atoms with Gasteiger partial charge in [0.05, 0.1) is 5.56 Å². The minimum atomic E-state index is -4.36. The summed E-state index contributed by atoms with van der Waals surface area (Å²) >= 11 is 6.01. The Morgan fingerprint density at radius 1 is 1.08 bits per heavy atom. The highest BCUT2D eigenvalue weighted by Gasteiger charge is 2.35. The molecule has 1 aromatic carbocycles. The average Bonchev–Trinajstić information content (AvgIpc) is 3.01. The summed E-state index contributed by atoms with van der Waals surface area (Å²) < 4.78 is 39.4. The number of piperazine rings is 1. The van der Waals surface area contributed by atoms with E-state index in [2.05, 4.69) is 10.2 Å². The van der Waals surface area contributed by atoms with Gasteiger partial charge in [-0.25, -0.2) is 0 Å². The normalized spacial score (nSPS) is 21.5. The Kier molecular flexibility index (Phi) is 6.82. The van der Waals surface area contributed by atoms with Crippen LogP contribution in [0.25, 0.3) is 0 Å². The Labute approximate surface area is 152 Å². The predicted molar refractivity (Wildman–Crippen MR) is 92.8 cm³/mol. The van der Waals surface area contributed by atoms with Crippen LogP contribution in [0.1, 0.15) is 42.9 Å². The van der Waals surface area contributed by atoms with Gasteiger partial charge in [0.2, 0.25) is 0 Å². The average molecular weight is 383 g/mol. The van der Waals surface area contributed by atoms with Crippen LogP contribution < -0.4 is 5.32 Å². The number of nitrogens with one attached hydrogen (secondary N) is 1. The lowest BCUT2D eigenvalue weighted by molar-refractivity contribution is -0.137. The molecule has 24 heavy (non-hydrogen) atoms. The Bertz CT molecular complexity index is 539. The van der Waals surface area contributed by atoms with Crippen molar-refractivity contribution in [1.82, 2.24) is 10.2 Å². The summed E-state index contributed by atoms with van der Waals surface area (Å²) in [4.78, 5) is 2.33. The van der Waals surface area contributed by atoms with Gasteiger partial charge in [-0.15, -0.1) is 12.4 Å². The molecule has 7 heteroatoms. The second-order valence-electron chi connectivity index (χ2n) is 6.55. The van der Waals surface area contributed by atoms with Crippen molar-refractivity contribution in [2.75, 3.05) is 26.2 Å². The number of nitrogens with zero attached hydrogens (tertiary/aromatic N) is 1. The zero-order chi connectivity index (χ0) is 16.4. The van der Waals surface area contributed by atoms with Crippen molar-refractivity contribution in [2.45, 2.75) is 37.9 Å². The van der Waals surface area contributed by atoms with Crippen molar-refractivity contribution in [1.29, 1.82) is 0 Å². The van der Waals surface area contributed by atoms with Crippen molar-refractivity contribution in [3.8, 4) is 0 Å². The first-order valence-electron chi connectivity index (χ1n) is 8.27. The van der Waals surface area contributed by atoms with Gasteiger partial charge in [0.15, 0.2) is 0 Å². The largest absolute Gasteiger partial charge is 0.416 e. The SMILES string of the molecule is Cl.FC(F)(F)c1cc(Cl)cc([C@@H](C2CCCC2)N2CCNCC2)c1. The summed E-state index contributed by atoms with van der Waals surface area (Å²) in [5, 5.41) is 3.48. The van der Waals surface area contributed by atoms with Crippen LogP contribution in [0.4, 0.5) is 13.2 Å². The van der Waals surface area contributed by atoms with Crippen molar-refractivity contribution < 1.29 is 13.2 Å². The maximum atomic E-state index is 13.1. The number of hydrogen-bond donors (Lipinski definition) is 1. The third-order valence-electron chi connectivity index (χ3n) is 4.98. The molecule has 1 aliphatic heterocycles. The van der Waals surface area contributed by atoms with Gasteiger partial charge in [-0.05, 0) is 42.5 Å². The van der Waals surface area contributed by atoms with Crippen LogP contribution in [0.2, 0.25) is 5.02 Å². The van der Waals surface area contributed by atoms with E-state index in [1.165, 1.54) is 18.9 Å². The van der Waals surface area contributed by atoms with Crippen molar-refractivity contribution in [2.24, 2.45) is 5.92 Å². The molecule has 1 aromatic rings. The van der Waals surface area contributed by atoms with Crippen molar-refractivity contribution >= 4 is 24.0 Å². The molecule has 1 heterocycles. The molecule has 2 aliphatic rings. The predicted octanol–water partition coefficient (Wildman–Crippen LogP) is 4.92. The van der Waals surface area contributed by atoms with Gasteiger partial charge in [-0.2, -0.15) is 13.2 Å². The van der Waals surface area contributed by atoms with Gasteiger partial charge in [0, 0.05) is 37.2 Å². The summed E-state index contributed by atoms with van der Waals surface area (Å²) in [6.07, 6.45) is 0.147. The van der Waals surface area contributed by atoms with Crippen molar-refractivity contribution in [3.05, 3.63) is 34.3 Å². The molecule has 0 radical (unpaired) electrons. The van der Waals surface area contributed by atoms with E-state index in [9.17, 15) is 13.2 Å². The fourth-order valence-corrected chi connectivity index (χ4v) is 4.20. The summed E-state index contributed by atoms with van der Waals surface area (Å²) in [7, 11) is 0. The highest BCUT2D eigenvalue weighted by molar-refractivity contribution is 6.30. The second kappa shape index (κ2) is 8.26. The Balaban J connectivity index is 0.00000208. The number of hydrogen-bond acceptors (Lipinski definition) is 2. The van der Waals surface area contributed by atoms with E-state index >= 15 is 0 Å². The van der Waals surface area contributed by atoms with Gasteiger partial charge in [0.25, 0.3) is 0 Å². The molecular formula is C17H23Cl2F3N2. The van der Waals surface area contributed by atoms with Crippen LogP contribution in [0.15, 0.2) is 18.2 Å². The van der Waals surface area contributed by atoms with E-state index in [1.807, 2.05) is 0 Å². The van der Waals surface area contributed by atoms with E-state index in [4.69, 9.17) is 11.6 Å². The lowest BCUT2D eigenvalue weighted by atomic mass is 9.89. The molecule has 0 bridgehead atoms. The molecule has 2 nitrogen and oxygen atoms in total. The highest BCUT2D eigenvalue weighted by atomic mass is 35.5. The molecular weight excluding hydrogens is 360 g/mol. The Hall–Kier alpha value is -0.490. The first-order chi connectivity index (χ1) is 10.9. The van der Waals surface area contributed by atoms with E-state index in [0.29, 0.717) is 5.92 Å². The maximum Gasteiger partial charge on any atom is 0.416 e. The molecule has 2 fully saturated rings. The monoisotopic (exact) mass is 382 g/mol. The van der Waals surface area contributed by atoms with Gasteiger partial charge in [-0.3, -0.25) is 4.90 Å². The number of benzene rings is 1. The molecule has 3 rings (SSSR count). The quantitative estimate of drug-likeness (QED) is 0.797. The maximum absolute atomic E-state index is 13.1. The lowest BCUT2D eigenvalue weighted by Crippen LogP contribution is -2.46. The third-order valence-corrected chi connectivity index (χ3v) is 5.20. The zero-order valence-corrected chi connectivity index (χ0v) is 15.0. The summed E-state index contributed by atoms with van der Waals surface area (Å²) in [5.74, 6) is 0.424. The zero-order valence-electron chi connectivity index (χ0n) is 13.4. The van der Waals surface area contributed by atoms with Gasteiger partial charge >= 0.3 is 6.18 Å². The van der Waals surface area contributed by atoms with Gasteiger partial charge in [0.1, 0.15) is 0 Å². The van der Waals surface area contributed by atoms with Crippen LogP contribution >= 0.6 is 24.0 Å². The Morgan fingerprint density at radius 2 is 1.71 bits per heavy atom. The van der Waals surface area contributed by atoms with E-state index in [1.54, 1.807) is 6.07 Å². The fourth-order valence-electron chi connectivity index (χ4n) is 3.96. The molecule has 1 atom stereocenters. The van der Waals surface area contributed by atoms with E-state index in [0.717, 1.165) is 50.7 Å². The van der Waals surface area contributed by atoms with Crippen LogP contribution in [0, 0.1) is 5.92 Å². The molecule has 1 saturated carbocycles. The second-order valence-corrected chi connectivity index (χ2v) is 6.98. The standard InChI is InChI=1S/C17H22ClF3N2.ClH/c18-15-10-13(9-14(11-15)17(19,20)21)16(12-3-1-2-4-12)23-7-5-22-6-8-23;/h9-12,16,22H,1-8H2;1H/t16-;/m1./s1. The molecule has 1 saturated heterocycles. The topological polar surface area (TPSA) is 15.3 Å². The minimum absolute atomic E-state index is 0. The number of alkyl halides is 3. The fraction of sp³-hybridized carbons (Fsp3) is 0.647. The summed E-state index contributed by atoms with van der Waals surface area (Å²) in [6.45, 7) is 3.51. The van der Waals surface area contributed by atoms with Gasteiger partial charge in [-0.1, -0.05) is 24.4 Å². The minimum Gasteiger partial charge on any atom is -0.314 e. The molecule has 0 spiro atoms. The van der Waals surface area contributed by atoms with Crippen molar-refractivity contribution in [3.63, 3.8) is 0 Å². The van der Waals surface area contributed by atoms with Gasteiger partial charge < -0.3 is 5.32 Å². The van der Waals surface area contributed by atoms with Crippen LogP contribution in [-0.2, 0) is 6.18 Å². The molecule has 1 N–H and O–H groups in total. The van der Waals surface area contributed by atoms with Crippen LogP contribution in [0.5, 0.6) is 0 Å². The molecule has 136 valence electrons. The highest BCUT2D eigenvalue weighted by Crippen LogP contribution is 2.42. The first kappa shape index (κ1) is 19.8. The van der Waals surface area contributed by atoms with Crippen LogP contribution in [-0.4, -0.2) is 31.1 Å². The summed E-state index contributed by atoms with van der Waals surface area (Å²) in [5.41, 5.74) is 0.0803. The van der Waals surface area contributed by atoms with E-state index < -0.39 is 11.7 Å². The molecule has 0 amide bonds. The molecule has 1 aliphatic carbocycles. The summed E-state index contributed by atoms with van der Waals surface area (Å²) in [6, 6.07) is 4.09. The molecule has 0 aromatic heterocycles. The lowest BCUT2D eigenvalue weighted by Gasteiger charge is -2.39. The first-order valence-corrected chi connectivity index (χ1v) is 8.65. The Morgan fingerprint density at radius 3 is 2.29 bits per heavy atom. The number of halogens is 5. The number of rotatable bonds is 3. The molecule has 0 unspecified atom stereocenters.